The third-order valence-electron chi connectivity index (χ3n) is 2.37. The van der Waals surface area contributed by atoms with Crippen LogP contribution in [0.1, 0.15) is 12.8 Å². The van der Waals surface area contributed by atoms with Crippen LogP contribution >= 0.6 is 0 Å². The minimum absolute atomic E-state index is 0.258. The number of ether oxygens (including phenoxy) is 5. The van der Waals surface area contributed by atoms with E-state index in [1.54, 1.807) is 0 Å². The third-order valence-corrected chi connectivity index (χ3v) is 2.37. The molecule has 0 saturated heterocycles. The second-order valence-corrected chi connectivity index (χ2v) is 3.58. The van der Waals surface area contributed by atoms with Crippen molar-refractivity contribution >= 4 is 0 Å². The van der Waals surface area contributed by atoms with Gasteiger partial charge >= 0.3 is 0 Å². The normalized spacial score (nSPS) is 13.9. The largest absolute Gasteiger partial charge is 0.388 e. The van der Waals surface area contributed by atoms with Crippen molar-refractivity contribution in [2.45, 2.75) is 24.9 Å². The van der Waals surface area contributed by atoms with Crippen LogP contribution in [0.3, 0.4) is 0 Å². The Bertz CT molecular complexity index is 163. The van der Waals surface area contributed by atoms with Crippen LogP contribution in [0.5, 0.6) is 0 Å². The molecule has 0 spiro atoms. The number of rotatable bonds is 11. The summed E-state index contributed by atoms with van der Waals surface area (Å²) in [5.74, 6) is -1.01. The first-order chi connectivity index (χ1) is 8.14. The summed E-state index contributed by atoms with van der Waals surface area (Å²) < 4.78 is 25.5. The lowest BCUT2D eigenvalue weighted by Crippen LogP contribution is -2.36. The van der Waals surface area contributed by atoms with Crippen LogP contribution in [0.4, 0.5) is 0 Å². The molecule has 17 heavy (non-hydrogen) atoms. The molecule has 0 aromatic carbocycles. The summed E-state index contributed by atoms with van der Waals surface area (Å²) in [5, 5.41) is 9.32. The number of hydrogen-bond acceptors (Lipinski definition) is 6. The Kier molecular flexibility index (Phi) is 9.62. The molecule has 0 aliphatic rings. The third kappa shape index (κ3) is 6.92. The van der Waals surface area contributed by atoms with Gasteiger partial charge in [0.15, 0.2) is 0 Å². The van der Waals surface area contributed by atoms with Gasteiger partial charge in [0, 0.05) is 41.5 Å². The molecule has 0 amide bonds. The van der Waals surface area contributed by atoms with Crippen molar-refractivity contribution < 1.29 is 28.8 Å². The average Bonchev–Trinajstić information content (AvgIpc) is 2.35. The summed E-state index contributed by atoms with van der Waals surface area (Å²) >= 11 is 0. The number of hydrogen-bond donors (Lipinski definition) is 1. The predicted octanol–water partition coefficient (Wildman–Crippen LogP) is 0.383. The van der Waals surface area contributed by atoms with E-state index in [4.69, 9.17) is 23.7 Å². The molecule has 0 aromatic heterocycles. The molecular formula is C11H24O6. The van der Waals surface area contributed by atoms with E-state index < -0.39 is 12.1 Å². The SMILES string of the molecule is COCC(O)COCCCC(OC)(OC)OC. The van der Waals surface area contributed by atoms with E-state index in [0.29, 0.717) is 19.4 Å². The Morgan fingerprint density at radius 3 is 2.06 bits per heavy atom. The maximum absolute atomic E-state index is 9.32. The Morgan fingerprint density at radius 1 is 1.00 bits per heavy atom. The van der Waals surface area contributed by atoms with Crippen molar-refractivity contribution in [3.05, 3.63) is 0 Å². The molecule has 0 aliphatic heterocycles. The maximum atomic E-state index is 9.32. The van der Waals surface area contributed by atoms with Gasteiger partial charge in [-0.2, -0.15) is 0 Å². The van der Waals surface area contributed by atoms with E-state index in [1.807, 2.05) is 0 Å². The molecule has 6 heteroatoms. The van der Waals surface area contributed by atoms with Gasteiger partial charge < -0.3 is 28.8 Å². The van der Waals surface area contributed by atoms with E-state index in [9.17, 15) is 5.11 Å². The highest BCUT2D eigenvalue weighted by molar-refractivity contribution is 4.56. The Labute approximate surface area is 103 Å². The van der Waals surface area contributed by atoms with Gasteiger partial charge in [-0.1, -0.05) is 0 Å². The van der Waals surface area contributed by atoms with Crippen molar-refractivity contribution in [2.24, 2.45) is 0 Å². The van der Waals surface area contributed by atoms with Crippen LogP contribution in [0.25, 0.3) is 0 Å². The topological polar surface area (TPSA) is 66.4 Å². The smallest absolute Gasteiger partial charge is 0.282 e. The van der Waals surface area contributed by atoms with Crippen molar-refractivity contribution in [3.8, 4) is 0 Å². The lowest BCUT2D eigenvalue weighted by atomic mass is 10.3. The summed E-state index contributed by atoms with van der Waals surface area (Å²) in [6.45, 7) is 1.03. The summed E-state index contributed by atoms with van der Waals surface area (Å²) in [6.07, 6.45) is 0.670. The Hall–Kier alpha value is -0.240. The van der Waals surface area contributed by atoms with Crippen molar-refractivity contribution in [3.63, 3.8) is 0 Å². The highest BCUT2D eigenvalue weighted by Gasteiger charge is 2.28. The molecule has 0 bridgehead atoms. The molecule has 1 N–H and O–H groups in total. The molecule has 0 fully saturated rings. The van der Waals surface area contributed by atoms with Gasteiger partial charge in [0.2, 0.25) is 0 Å². The first-order valence-corrected chi connectivity index (χ1v) is 5.54. The minimum Gasteiger partial charge on any atom is -0.388 e. The maximum Gasteiger partial charge on any atom is 0.282 e. The van der Waals surface area contributed by atoms with E-state index >= 15 is 0 Å². The summed E-state index contributed by atoms with van der Waals surface area (Å²) in [6, 6.07) is 0. The van der Waals surface area contributed by atoms with Crippen LogP contribution in [0.2, 0.25) is 0 Å². The predicted molar refractivity (Wildman–Crippen MR) is 61.7 cm³/mol. The van der Waals surface area contributed by atoms with Gasteiger partial charge in [-0.05, 0) is 6.42 Å². The molecule has 0 aliphatic carbocycles. The minimum atomic E-state index is -1.01. The van der Waals surface area contributed by atoms with Crippen LogP contribution in [0, 0.1) is 0 Å². The fourth-order valence-electron chi connectivity index (χ4n) is 1.41. The highest BCUT2D eigenvalue weighted by Crippen LogP contribution is 2.18. The van der Waals surface area contributed by atoms with Gasteiger partial charge in [0.05, 0.1) is 13.2 Å². The summed E-state index contributed by atoms with van der Waals surface area (Å²) in [5.41, 5.74) is 0. The van der Waals surface area contributed by atoms with Crippen LogP contribution in [0.15, 0.2) is 0 Å². The lowest BCUT2D eigenvalue weighted by molar-refractivity contribution is -0.355. The van der Waals surface area contributed by atoms with Gasteiger partial charge in [-0.25, -0.2) is 0 Å². The number of aliphatic hydroxyl groups excluding tert-OH is 1. The molecule has 1 unspecified atom stereocenters. The molecule has 0 aromatic rings. The first-order valence-electron chi connectivity index (χ1n) is 5.54. The zero-order valence-electron chi connectivity index (χ0n) is 11.1. The van der Waals surface area contributed by atoms with Crippen LogP contribution in [-0.2, 0) is 23.7 Å². The fourth-order valence-corrected chi connectivity index (χ4v) is 1.41. The van der Waals surface area contributed by atoms with Crippen molar-refractivity contribution in [2.75, 3.05) is 48.3 Å². The average molecular weight is 252 g/mol. The molecular weight excluding hydrogens is 228 g/mol. The number of methoxy groups -OCH3 is 4. The monoisotopic (exact) mass is 252 g/mol. The van der Waals surface area contributed by atoms with Gasteiger partial charge in [0.25, 0.3) is 5.97 Å². The number of aliphatic hydroxyl groups is 1. The molecule has 0 saturated carbocycles. The second-order valence-electron chi connectivity index (χ2n) is 3.58. The second kappa shape index (κ2) is 9.76. The molecule has 0 radical (unpaired) electrons. The summed E-state index contributed by atoms with van der Waals surface area (Å²) in [7, 11) is 6.11. The fraction of sp³-hybridized carbons (Fsp3) is 1.00. The van der Waals surface area contributed by atoms with E-state index in [0.717, 1.165) is 0 Å². The Morgan fingerprint density at radius 2 is 1.59 bits per heavy atom. The first kappa shape index (κ1) is 16.8. The molecule has 6 nitrogen and oxygen atoms in total. The van der Waals surface area contributed by atoms with Crippen LogP contribution < -0.4 is 0 Å². The lowest BCUT2D eigenvalue weighted by Gasteiger charge is -2.28. The molecule has 0 rings (SSSR count). The Balaban J connectivity index is 3.62. The zero-order chi connectivity index (χ0) is 13.1. The van der Waals surface area contributed by atoms with Gasteiger partial charge in [-0.3, -0.25) is 0 Å². The molecule has 104 valence electrons. The van der Waals surface area contributed by atoms with E-state index in [-0.39, 0.29) is 13.2 Å². The van der Waals surface area contributed by atoms with Crippen molar-refractivity contribution in [1.29, 1.82) is 0 Å². The van der Waals surface area contributed by atoms with E-state index in [2.05, 4.69) is 0 Å². The molecule has 0 heterocycles. The standard InChI is InChI=1S/C11H24O6/c1-13-8-10(12)9-17-7-5-6-11(14-2,15-3)16-4/h10,12H,5-9H2,1-4H3. The quantitative estimate of drug-likeness (QED) is 0.424. The van der Waals surface area contributed by atoms with E-state index in [1.165, 1.54) is 28.4 Å². The van der Waals surface area contributed by atoms with Crippen molar-refractivity contribution in [1.82, 2.24) is 0 Å². The van der Waals surface area contributed by atoms with Gasteiger partial charge in [0.1, 0.15) is 6.10 Å². The van der Waals surface area contributed by atoms with Crippen LogP contribution in [-0.4, -0.2) is 65.4 Å². The zero-order valence-corrected chi connectivity index (χ0v) is 11.1. The highest BCUT2D eigenvalue weighted by atomic mass is 16.9. The van der Waals surface area contributed by atoms with Gasteiger partial charge in [-0.15, -0.1) is 0 Å². The summed E-state index contributed by atoms with van der Waals surface area (Å²) in [4.78, 5) is 0. The molecule has 1 atom stereocenters.